The summed E-state index contributed by atoms with van der Waals surface area (Å²) < 4.78 is 5.98. The SMILES string of the molecule is CCC(=C(c1ccc(O)cc1)c1ccc(OCCN(CCCl)CCCl)cc1)c1ccccc1. The zero-order chi connectivity index (χ0) is 23.5. The van der Waals surface area contributed by atoms with E-state index in [4.69, 9.17) is 27.9 Å². The number of phenolic OH excluding ortho intramolecular Hbond substituents is 1. The molecule has 3 aromatic rings. The Kier molecular flexibility index (Phi) is 10.1. The maximum Gasteiger partial charge on any atom is 0.119 e. The molecule has 0 fully saturated rings. The normalized spacial score (nSPS) is 12.0. The van der Waals surface area contributed by atoms with Gasteiger partial charge in [0.15, 0.2) is 0 Å². The molecule has 0 aliphatic heterocycles. The Bertz CT molecular complexity index is 996. The molecule has 3 aromatic carbocycles. The number of hydrogen-bond donors (Lipinski definition) is 1. The molecular weight excluding hydrogens is 453 g/mol. The highest BCUT2D eigenvalue weighted by atomic mass is 35.5. The minimum Gasteiger partial charge on any atom is -0.508 e. The van der Waals surface area contributed by atoms with Crippen LogP contribution in [0.2, 0.25) is 0 Å². The lowest BCUT2D eigenvalue weighted by molar-refractivity contribution is 0.224. The van der Waals surface area contributed by atoms with Crippen molar-refractivity contribution >= 4 is 34.3 Å². The zero-order valence-electron chi connectivity index (χ0n) is 19.0. The number of benzene rings is 3. The summed E-state index contributed by atoms with van der Waals surface area (Å²) in [6, 6.07) is 26.1. The van der Waals surface area contributed by atoms with Crippen LogP contribution < -0.4 is 4.74 Å². The van der Waals surface area contributed by atoms with E-state index in [1.165, 1.54) is 11.1 Å². The molecule has 0 unspecified atom stereocenters. The summed E-state index contributed by atoms with van der Waals surface area (Å²) >= 11 is 11.7. The standard InChI is InChI=1S/C28H31Cl2NO2/c1-2-27(22-6-4-3-5-7-22)28(23-8-12-25(32)13-9-23)24-10-14-26(15-11-24)33-21-20-31(18-16-29)19-17-30/h3-15,32H,2,16-21H2,1H3. The van der Waals surface area contributed by atoms with Gasteiger partial charge >= 0.3 is 0 Å². The summed E-state index contributed by atoms with van der Waals surface area (Å²) in [7, 11) is 0. The van der Waals surface area contributed by atoms with Crippen LogP contribution in [0.1, 0.15) is 30.0 Å². The smallest absolute Gasteiger partial charge is 0.119 e. The fourth-order valence-electron chi connectivity index (χ4n) is 3.89. The predicted octanol–water partition coefficient (Wildman–Crippen LogP) is 6.92. The average Bonchev–Trinajstić information content (AvgIpc) is 2.85. The topological polar surface area (TPSA) is 32.7 Å². The molecule has 0 bridgehead atoms. The van der Waals surface area contributed by atoms with Gasteiger partial charge in [-0.1, -0.05) is 61.5 Å². The highest BCUT2D eigenvalue weighted by Gasteiger charge is 2.13. The number of nitrogens with zero attached hydrogens (tertiary/aromatic N) is 1. The number of alkyl halides is 2. The molecule has 174 valence electrons. The number of ether oxygens (including phenoxy) is 1. The summed E-state index contributed by atoms with van der Waals surface area (Å²) in [5, 5.41) is 9.80. The second-order valence-corrected chi connectivity index (χ2v) is 8.47. The Balaban J connectivity index is 1.86. The van der Waals surface area contributed by atoms with Crippen molar-refractivity contribution in [2.75, 3.05) is 38.0 Å². The number of allylic oxidation sites excluding steroid dienone is 1. The van der Waals surface area contributed by atoms with Gasteiger partial charge in [-0.05, 0) is 58.5 Å². The third kappa shape index (κ3) is 7.26. The fraction of sp³-hybridized carbons (Fsp3) is 0.286. The molecule has 0 radical (unpaired) electrons. The molecule has 0 aromatic heterocycles. The van der Waals surface area contributed by atoms with Crippen molar-refractivity contribution in [1.82, 2.24) is 4.90 Å². The monoisotopic (exact) mass is 483 g/mol. The minimum absolute atomic E-state index is 0.261. The Morgan fingerprint density at radius 1 is 0.758 bits per heavy atom. The maximum atomic E-state index is 9.80. The first kappa shape index (κ1) is 25.2. The van der Waals surface area contributed by atoms with Crippen molar-refractivity contribution in [3.8, 4) is 11.5 Å². The summed E-state index contributed by atoms with van der Waals surface area (Å²) in [5.41, 5.74) is 5.79. The summed E-state index contributed by atoms with van der Waals surface area (Å²) in [6.07, 6.45) is 0.884. The molecule has 0 amide bonds. The number of rotatable bonds is 12. The van der Waals surface area contributed by atoms with Crippen LogP contribution in [0.3, 0.4) is 0 Å². The van der Waals surface area contributed by atoms with Crippen molar-refractivity contribution in [2.24, 2.45) is 0 Å². The van der Waals surface area contributed by atoms with Gasteiger partial charge in [0.1, 0.15) is 18.1 Å². The largest absolute Gasteiger partial charge is 0.508 e. The van der Waals surface area contributed by atoms with Gasteiger partial charge in [-0.25, -0.2) is 0 Å². The lowest BCUT2D eigenvalue weighted by atomic mass is 9.88. The minimum atomic E-state index is 0.261. The first-order chi connectivity index (χ1) is 16.2. The lowest BCUT2D eigenvalue weighted by Gasteiger charge is -2.20. The molecule has 0 heterocycles. The van der Waals surface area contributed by atoms with Crippen LogP contribution >= 0.6 is 23.2 Å². The fourth-order valence-corrected chi connectivity index (χ4v) is 4.37. The van der Waals surface area contributed by atoms with E-state index in [1.54, 1.807) is 12.1 Å². The van der Waals surface area contributed by atoms with Gasteiger partial charge in [0.05, 0.1) is 0 Å². The Labute approximate surface area is 207 Å². The van der Waals surface area contributed by atoms with Crippen molar-refractivity contribution < 1.29 is 9.84 Å². The molecule has 0 aliphatic carbocycles. The zero-order valence-corrected chi connectivity index (χ0v) is 20.5. The van der Waals surface area contributed by atoms with Gasteiger partial charge < -0.3 is 9.84 Å². The maximum absolute atomic E-state index is 9.80. The number of phenols is 1. The van der Waals surface area contributed by atoms with Crippen molar-refractivity contribution in [3.05, 3.63) is 95.6 Å². The van der Waals surface area contributed by atoms with E-state index in [0.29, 0.717) is 18.4 Å². The Morgan fingerprint density at radius 2 is 1.33 bits per heavy atom. The first-order valence-corrected chi connectivity index (χ1v) is 12.4. The molecule has 5 heteroatoms. The van der Waals surface area contributed by atoms with E-state index < -0.39 is 0 Å². The van der Waals surface area contributed by atoms with E-state index in [0.717, 1.165) is 48.5 Å². The van der Waals surface area contributed by atoms with Crippen LogP contribution in [0.4, 0.5) is 0 Å². The second kappa shape index (κ2) is 13.3. The summed E-state index contributed by atoms with van der Waals surface area (Å²) in [5.74, 6) is 2.26. The van der Waals surface area contributed by atoms with Crippen molar-refractivity contribution in [3.63, 3.8) is 0 Å². The molecule has 33 heavy (non-hydrogen) atoms. The molecule has 3 nitrogen and oxygen atoms in total. The van der Waals surface area contributed by atoms with Gasteiger partial charge in [-0.3, -0.25) is 4.90 Å². The van der Waals surface area contributed by atoms with E-state index in [-0.39, 0.29) is 5.75 Å². The van der Waals surface area contributed by atoms with E-state index in [1.807, 2.05) is 30.3 Å². The van der Waals surface area contributed by atoms with Gasteiger partial charge in [0.25, 0.3) is 0 Å². The Morgan fingerprint density at radius 3 is 1.88 bits per heavy atom. The van der Waals surface area contributed by atoms with Crippen LogP contribution in [0.25, 0.3) is 11.1 Å². The van der Waals surface area contributed by atoms with Crippen LogP contribution in [-0.2, 0) is 0 Å². The molecule has 0 spiro atoms. The second-order valence-electron chi connectivity index (χ2n) is 7.71. The lowest BCUT2D eigenvalue weighted by Crippen LogP contribution is -2.32. The van der Waals surface area contributed by atoms with E-state index in [9.17, 15) is 5.11 Å². The number of halogens is 2. The van der Waals surface area contributed by atoms with Crippen LogP contribution in [0, 0.1) is 0 Å². The van der Waals surface area contributed by atoms with Crippen LogP contribution in [0.15, 0.2) is 78.9 Å². The quantitative estimate of drug-likeness (QED) is 0.224. The van der Waals surface area contributed by atoms with Crippen molar-refractivity contribution in [2.45, 2.75) is 13.3 Å². The van der Waals surface area contributed by atoms with Gasteiger partial charge in [-0.2, -0.15) is 0 Å². The first-order valence-electron chi connectivity index (χ1n) is 11.3. The van der Waals surface area contributed by atoms with Gasteiger partial charge in [0.2, 0.25) is 0 Å². The molecule has 0 saturated carbocycles. The highest BCUT2D eigenvalue weighted by molar-refractivity contribution is 6.18. The summed E-state index contributed by atoms with van der Waals surface area (Å²) in [6.45, 7) is 5.15. The third-order valence-corrected chi connectivity index (χ3v) is 5.89. The molecular formula is C28H31Cl2NO2. The van der Waals surface area contributed by atoms with Crippen LogP contribution in [0.5, 0.6) is 11.5 Å². The molecule has 0 aliphatic rings. The predicted molar refractivity (Wildman–Crippen MR) is 141 cm³/mol. The molecule has 0 saturated heterocycles. The summed E-state index contributed by atoms with van der Waals surface area (Å²) in [4.78, 5) is 2.20. The van der Waals surface area contributed by atoms with Crippen molar-refractivity contribution in [1.29, 1.82) is 0 Å². The molecule has 0 atom stereocenters. The van der Waals surface area contributed by atoms with Crippen LogP contribution in [-0.4, -0.2) is 48.0 Å². The molecule has 3 rings (SSSR count). The Hall–Kier alpha value is -2.46. The number of hydrogen-bond acceptors (Lipinski definition) is 3. The highest BCUT2D eigenvalue weighted by Crippen LogP contribution is 2.35. The molecule has 1 N–H and O–H groups in total. The number of aromatic hydroxyl groups is 1. The van der Waals surface area contributed by atoms with Gasteiger partial charge in [0, 0.05) is 31.4 Å². The van der Waals surface area contributed by atoms with E-state index in [2.05, 4.69) is 48.2 Å². The van der Waals surface area contributed by atoms with Gasteiger partial charge in [-0.15, -0.1) is 23.2 Å². The third-order valence-electron chi connectivity index (χ3n) is 5.55. The average molecular weight is 484 g/mol. The van der Waals surface area contributed by atoms with E-state index >= 15 is 0 Å².